The number of nitrogens with zero attached hydrogens (tertiary/aromatic N) is 1. The Balaban J connectivity index is 1.50. The minimum Gasteiger partial charge on any atom is -0.503 e. The first kappa shape index (κ1) is 18.0. The number of hydrogen-bond acceptors (Lipinski definition) is 3. The second-order valence-corrected chi connectivity index (χ2v) is 7.46. The largest absolute Gasteiger partial charge is 0.503 e. The third-order valence-electron chi connectivity index (χ3n) is 5.15. The summed E-state index contributed by atoms with van der Waals surface area (Å²) in [5.74, 6) is -0.821. The van der Waals surface area contributed by atoms with Gasteiger partial charge in [-0.05, 0) is 35.6 Å². The van der Waals surface area contributed by atoms with Crippen LogP contribution in [0.1, 0.15) is 23.1 Å². The van der Waals surface area contributed by atoms with Crippen molar-refractivity contribution in [3.05, 3.63) is 57.2 Å². The van der Waals surface area contributed by atoms with Crippen molar-refractivity contribution >= 4 is 40.0 Å². The van der Waals surface area contributed by atoms with Crippen LogP contribution in [0.3, 0.4) is 0 Å². The quantitative estimate of drug-likeness (QED) is 0.566. The van der Waals surface area contributed by atoms with Crippen LogP contribution in [-0.4, -0.2) is 32.5 Å². The van der Waals surface area contributed by atoms with Crippen molar-refractivity contribution < 1.29 is 15.0 Å². The number of amides is 1. The van der Waals surface area contributed by atoms with Gasteiger partial charge in [-0.3, -0.25) is 4.79 Å². The Morgan fingerprint density at radius 1 is 1.11 bits per heavy atom. The van der Waals surface area contributed by atoms with Crippen LogP contribution in [0, 0.1) is 0 Å². The van der Waals surface area contributed by atoms with Crippen LogP contribution >= 0.6 is 23.2 Å². The highest BCUT2D eigenvalue weighted by molar-refractivity contribution is 6.36. The second kappa shape index (κ2) is 6.98. The Morgan fingerprint density at radius 3 is 2.59 bits per heavy atom. The molecular formula is C20H18Cl2N2O3. The smallest absolute Gasteiger partial charge is 0.223 e. The number of hydrogen-bond donors (Lipinski definition) is 3. The molecule has 7 heteroatoms. The third kappa shape index (κ3) is 3.11. The van der Waals surface area contributed by atoms with Crippen molar-refractivity contribution in [3.63, 3.8) is 0 Å². The molecule has 2 heterocycles. The number of aromatic amines is 1. The third-order valence-corrected chi connectivity index (χ3v) is 5.97. The van der Waals surface area contributed by atoms with Gasteiger partial charge in [0.15, 0.2) is 11.5 Å². The molecule has 3 aromatic rings. The van der Waals surface area contributed by atoms with E-state index in [-0.39, 0.29) is 22.5 Å². The number of carbonyl (C=O) groups excluding carboxylic acids is 1. The van der Waals surface area contributed by atoms with E-state index in [2.05, 4.69) is 4.98 Å². The van der Waals surface area contributed by atoms with Crippen LogP contribution in [0.25, 0.3) is 10.9 Å². The highest BCUT2D eigenvalue weighted by Gasteiger charge is 2.28. The maximum absolute atomic E-state index is 12.7. The topological polar surface area (TPSA) is 76.6 Å². The van der Waals surface area contributed by atoms with Crippen molar-refractivity contribution in [1.82, 2.24) is 9.88 Å². The fraction of sp³-hybridized carbons (Fsp3) is 0.250. The number of phenols is 2. The van der Waals surface area contributed by atoms with Gasteiger partial charge in [-0.25, -0.2) is 0 Å². The van der Waals surface area contributed by atoms with E-state index in [1.807, 2.05) is 30.5 Å². The molecule has 3 N–H and O–H groups in total. The number of H-pyrrole nitrogens is 1. The van der Waals surface area contributed by atoms with Gasteiger partial charge in [0.25, 0.3) is 0 Å². The lowest BCUT2D eigenvalue weighted by Crippen LogP contribution is -2.36. The van der Waals surface area contributed by atoms with Crippen molar-refractivity contribution in [2.45, 2.75) is 25.8 Å². The molecular weight excluding hydrogens is 387 g/mol. The number of carbonyl (C=O) groups is 1. The van der Waals surface area contributed by atoms with Gasteiger partial charge in [0.1, 0.15) is 0 Å². The molecule has 1 aromatic heterocycles. The molecule has 4 rings (SSSR count). The van der Waals surface area contributed by atoms with E-state index in [4.69, 9.17) is 23.2 Å². The van der Waals surface area contributed by atoms with Gasteiger partial charge >= 0.3 is 0 Å². The van der Waals surface area contributed by atoms with E-state index in [1.54, 1.807) is 4.90 Å². The summed E-state index contributed by atoms with van der Waals surface area (Å²) in [6, 6.07) is 8.01. The Bertz CT molecular complexity index is 1050. The minimum absolute atomic E-state index is 0.0192. The standard InChI is InChI=1S/C20H18Cl2N2O3/c21-17-13-7-8-24(10-14(13)18(22)20(27)19(17)26)16(25)6-5-11-9-23-15-4-2-1-3-12(11)15/h1-4,9,23,26-27H,5-8,10H2. The Hall–Kier alpha value is -2.37. The number of aromatic hydroxyl groups is 2. The van der Waals surface area contributed by atoms with Gasteiger partial charge in [-0.1, -0.05) is 41.4 Å². The average molecular weight is 405 g/mol. The number of benzene rings is 2. The lowest BCUT2D eigenvalue weighted by Gasteiger charge is -2.30. The van der Waals surface area contributed by atoms with Crippen LogP contribution < -0.4 is 0 Å². The molecule has 0 fully saturated rings. The molecule has 0 saturated heterocycles. The number of aromatic nitrogens is 1. The molecule has 1 aliphatic rings. The molecule has 0 aliphatic carbocycles. The summed E-state index contributed by atoms with van der Waals surface area (Å²) in [5, 5.41) is 21.1. The molecule has 2 aromatic carbocycles. The Labute approximate surface area is 166 Å². The summed E-state index contributed by atoms with van der Waals surface area (Å²) in [7, 11) is 0. The number of aryl methyl sites for hydroxylation is 1. The Kier molecular flexibility index (Phi) is 4.66. The fourth-order valence-corrected chi connectivity index (χ4v) is 4.21. The summed E-state index contributed by atoms with van der Waals surface area (Å²) < 4.78 is 0. The number of fused-ring (bicyclic) bond motifs is 2. The highest BCUT2D eigenvalue weighted by atomic mass is 35.5. The lowest BCUT2D eigenvalue weighted by atomic mass is 9.97. The van der Waals surface area contributed by atoms with E-state index >= 15 is 0 Å². The predicted molar refractivity (Wildman–Crippen MR) is 106 cm³/mol. The van der Waals surface area contributed by atoms with Crippen molar-refractivity contribution in [3.8, 4) is 11.5 Å². The van der Waals surface area contributed by atoms with Crippen molar-refractivity contribution in [2.75, 3.05) is 6.54 Å². The normalized spacial score (nSPS) is 13.8. The molecule has 0 saturated carbocycles. The van der Waals surface area contributed by atoms with Gasteiger partial charge in [0.05, 0.1) is 10.0 Å². The summed E-state index contributed by atoms with van der Waals surface area (Å²) >= 11 is 12.3. The van der Waals surface area contributed by atoms with Gasteiger partial charge < -0.3 is 20.1 Å². The summed E-state index contributed by atoms with van der Waals surface area (Å²) in [6.07, 6.45) is 3.45. The molecule has 0 bridgehead atoms. The van der Waals surface area contributed by atoms with Gasteiger partial charge in [-0.2, -0.15) is 0 Å². The zero-order chi connectivity index (χ0) is 19.1. The van der Waals surface area contributed by atoms with E-state index in [0.29, 0.717) is 36.9 Å². The molecule has 140 valence electrons. The van der Waals surface area contributed by atoms with Gasteiger partial charge in [0.2, 0.25) is 5.91 Å². The first-order chi connectivity index (χ1) is 13.0. The Morgan fingerprint density at radius 2 is 1.81 bits per heavy atom. The predicted octanol–water partition coefficient (Wildman–Crippen LogP) is 4.40. The summed E-state index contributed by atoms with van der Waals surface area (Å²) in [5.41, 5.74) is 3.46. The molecule has 0 atom stereocenters. The second-order valence-electron chi connectivity index (χ2n) is 6.71. The molecule has 0 spiro atoms. The van der Waals surface area contributed by atoms with E-state index < -0.39 is 11.5 Å². The van der Waals surface area contributed by atoms with Crippen LogP contribution in [0.4, 0.5) is 0 Å². The van der Waals surface area contributed by atoms with Gasteiger partial charge in [-0.15, -0.1) is 0 Å². The molecule has 1 amide bonds. The molecule has 0 unspecified atom stereocenters. The number of rotatable bonds is 3. The van der Waals surface area contributed by atoms with Crippen LogP contribution in [0.5, 0.6) is 11.5 Å². The SMILES string of the molecule is O=C(CCc1c[nH]c2ccccc12)N1CCc2c(Cl)c(O)c(O)c(Cl)c2C1. The highest BCUT2D eigenvalue weighted by Crippen LogP contribution is 2.46. The van der Waals surface area contributed by atoms with Crippen molar-refractivity contribution in [2.24, 2.45) is 0 Å². The molecule has 5 nitrogen and oxygen atoms in total. The first-order valence-electron chi connectivity index (χ1n) is 8.70. The van der Waals surface area contributed by atoms with Crippen LogP contribution in [-0.2, 0) is 24.2 Å². The van der Waals surface area contributed by atoms with E-state index in [1.165, 1.54) is 0 Å². The minimum atomic E-state index is -0.437. The number of para-hydroxylation sites is 1. The van der Waals surface area contributed by atoms with Crippen LogP contribution in [0.2, 0.25) is 10.0 Å². The fourth-order valence-electron chi connectivity index (χ4n) is 3.65. The monoisotopic (exact) mass is 404 g/mol. The van der Waals surface area contributed by atoms with E-state index in [9.17, 15) is 15.0 Å². The lowest BCUT2D eigenvalue weighted by molar-refractivity contribution is -0.132. The first-order valence-corrected chi connectivity index (χ1v) is 9.46. The van der Waals surface area contributed by atoms with Crippen molar-refractivity contribution in [1.29, 1.82) is 0 Å². The average Bonchev–Trinajstić information content (AvgIpc) is 3.11. The molecule has 27 heavy (non-hydrogen) atoms. The summed E-state index contributed by atoms with van der Waals surface area (Å²) in [6.45, 7) is 0.772. The number of nitrogens with one attached hydrogen (secondary N) is 1. The van der Waals surface area contributed by atoms with Gasteiger partial charge in [0, 0.05) is 36.6 Å². The number of halogens is 2. The molecule has 1 aliphatic heterocycles. The van der Waals surface area contributed by atoms with E-state index in [0.717, 1.165) is 16.5 Å². The maximum Gasteiger partial charge on any atom is 0.223 e. The number of phenolic OH excluding ortho intramolecular Hbond substituents is 2. The molecule has 0 radical (unpaired) electrons. The maximum atomic E-state index is 12.7. The zero-order valence-corrected chi connectivity index (χ0v) is 15.9. The zero-order valence-electron chi connectivity index (χ0n) is 14.4. The van der Waals surface area contributed by atoms with Crippen LogP contribution in [0.15, 0.2) is 30.5 Å². The summed E-state index contributed by atoms with van der Waals surface area (Å²) in [4.78, 5) is 17.7.